The van der Waals surface area contributed by atoms with E-state index < -0.39 is 11.6 Å². The number of nitrogens with one attached hydrogen (secondary N) is 1. The quantitative estimate of drug-likeness (QED) is 0.902. The lowest BCUT2D eigenvalue weighted by Crippen LogP contribution is -2.17. The maximum Gasteiger partial charge on any atom is 0.158 e. The predicted molar refractivity (Wildman–Crippen MR) is 88.0 cm³/mol. The van der Waals surface area contributed by atoms with Gasteiger partial charge in [-0.1, -0.05) is 12.1 Å². The molecular formula is C19H17F2NO2. The van der Waals surface area contributed by atoms with Crippen LogP contribution in [0.15, 0.2) is 54.2 Å². The highest BCUT2D eigenvalue weighted by molar-refractivity contribution is 5.92. The lowest BCUT2D eigenvalue weighted by Gasteiger charge is -2.23. The van der Waals surface area contributed by atoms with Crippen molar-refractivity contribution in [1.29, 1.82) is 0 Å². The second-order valence-electron chi connectivity index (χ2n) is 5.76. The van der Waals surface area contributed by atoms with Crippen LogP contribution >= 0.6 is 0 Å². The highest BCUT2D eigenvalue weighted by Gasteiger charge is 2.23. The Bertz CT molecular complexity index is 784. The van der Waals surface area contributed by atoms with Gasteiger partial charge in [0.1, 0.15) is 17.4 Å². The summed E-state index contributed by atoms with van der Waals surface area (Å²) in [5.74, 6) is -0.576. The standard InChI is InChI=1S/C19H17F2NO2/c1-24-17-5-2-12(3-6-17)13-8-15(11-16(23)9-13)22-19-7-4-14(20)10-18(19)21/h2-7,10-11,13,22H,8-9H2,1H3/t13-/m0/s1. The van der Waals surface area contributed by atoms with Crippen LogP contribution in [0.1, 0.15) is 24.3 Å². The number of rotatable bonds is 4. The molecular weight excluding hydrogens is 312 g/mol. The van der Waals surface area contributed by atoms with Crippen molar-refractivity contribution in [2.45, 2.75) is 18.8 Å². The molecule has 1 N–H and O–H groups in total. The molecule has 5 heteroatoms. The van der Waals surface area contributed by atoms with Crippen LogP contribution in [-0.2, 0) is 4.79 Å². The van der Waals surface area contributed by atoms with Crippen molar-refractivity contribution in [2.75, 3.05) is 12.4 Å². The van der Waals surface area contributed by atoms with Crippen LogP contribution in [0.25, 0.3) is 0 Å². The average Bonchev–Trinajstić information content (AvgIpc) is 2.57. The van der Waals surface area contributed by atoms with Crippen molar-refractivity contribution in [3.8, 4) is 5.75 Å². The Hall–Kier alpha value is -2.69. The lowest BCUT2D eigenvalue weighted by atomic mass is 9.85. The summed E-state index contributed by atoms with van der Waals surface area (Å²) < 4.78 is 31.9. The van der Waals surface area contributed by atoms with Gasteiger partial charge in [0.15, 0.2) is 5.78 Å². The third kappa shape index (κ3) is 3.62. The van der Waals surface area contributed by atoms with E-state index in [9.17, 15) is 13.6 Å². The molecule has 24 heavy (non-hydrogen) atoms. The molecule has 3 rings (SSSR count). The predicted octanol–water partition coefficient (Wildman–Crippen LogP) is 4.42. The molecule has 0 aromatic heterocycles. The van der Waals surface area contributed by atoms with Gasteiger partial charge in [0, 0.05) is 24.3 Å². The summed E-state index contributed by atoms with van der Waals surface area (Å²) in [6.07, 6.45) is 2.47. The van der Waals surface area contributed by atoms with E-state index in [0.29, 0.717) is 18.5 Å². The molecule has 124 valence electrons. The van der Waals surface area contributed by atoms with Crippen molar-refractivity contribution < 1.29 is 18.3 Å². The fourth-order valence-electron chi connectivity index (χ4n) is 2.86. The van der Waals surface area contributed by atoms with Gasteiger partial charge in [-0.3, -0.25) is 4.79 Å². The van der Waals surface area contributed by atoms with Crippen LogP contribution < -0.4 is 10.1 Å². The topological polar surface area (TPSA) is 38.3 Å². The van der Waals surface area contributed by atoms with Crippen molar-refractivity contribution in [3.05, 3.63) is 71.4 Å². The van der Waals surface area contributed by atoms with Gasteiger partial charge in [-0.25, -0.2) is 8.78 Å². The van der Waals surface area contributed by atoms with Crippen LogP contribution in [0.4, 0.5) is 14.5 Å². The van der Waals surface area contributed by atoms with Gasteiger partial charge < -0.3 is 10.1 Å². The molecule has 0 unspecified atom stereocenters. The molecule has 0 saturated carbocycles. The van der Waals surface area contributed by atoms with Gasteiger partial charge in [-0.2, -0.15) is 0 Å². The Kier molecular flexibility index (Phi) is 4.60. The molecule has 0 spiro atoms. The number of hydrogen-bond acceptors (Lipinski definition) is 3. The summed E-state index contributed by atoms with van der Waals surface area (Å²) in [6.45, 7) is 0. The van der Waals surface area contributed by atoms with E-state index in [1.807, 2.05) is 24.3 Å². The fourth-order valence-corrected chi connectivity index (χ4v) is 2.86. The number of anilines is 1. The summed E-state index contributed by atoms with van der Waals surface area (Å²) in [5, 5.41) is 2.90. The molecule has 2 aromatic rings. The molecule has 1 atom stereocenters. The number of halogens is 2. The number of ether oxygens (including phenoxy) is 1. The number of carbonyl (C=O) groups is 1. The minimum Gasteiger partial charge on any atom is -0.497 e. The van der Waals surface area contributed by atoms with E-state index in [0.717, 1.165) is 17.4 Å². The molecule has 0 saturated heterocycles. The Balaban J connectivity index is 1.78. The Morgan fingerprint density at radius 2 is 1.83 bits per heavy atom. The fraction of sp³-hybridized carbons (Fsp3) is 0.211. The zero-order valence-corrected chi connectivity index (χ0v) is 13.2. The summed E-state index contributed by atoms with van der Waals surface area (Å²) >= 11 is 0. The third-order valence-electron chi connectivity index (χ3n) is 4.06. The third-order valence-corrected chi connectivity index (χ3v) is 4.06. The first kappa shape index (κ1) is 16.2. The zero-order valence-electron chi connectivity index (χ0n) is 13.2. The minimum absolute atomic E-state index is 0.0133. The molecule has 0 radical (unpaired) electrons. The monoisotopic (exact) mass is 329 g/mol. The van der Waals surface area contributed by atoms with E-state index in [-0.39, 0.29) is 17.4 Å². The Morgan fingerprint density at radius 1 is 1.08 bits per heavy atom. The number of hydrogen-bond donors (Lipinski definition) is 1. The Labute approximate surface area is 139 Å². The minimum atomic E-state index is -0.685. The summed E-state index contributed by atoms with van der Waals surface area (Å²) in [5.41, 5.74) is 1.81. The molecule has 0 aliphatic heterocycles. The van der Waals surface area contributed by atoms with Crippen LogP contribution in [0.2, 0.25) is 0 Å². The first-order valence-corrected chi connectivity index (χ1v) is 7.64. The molecule has 3 nitrogen and oxygen atoms in total. The smallest absolute Gasteiger partial charge is 0.158 e. The lowest BCUT2D eigenvalue weighted by molar-refractivity contribution is -0.115. The summed E-state index contributed by atoms with van der Waals surface area (Å²) in [4.78, 5) is 12.0. The van der Waals surface area contributed by atoms with Crippen molar-refractivity contribution in [3.63, 3.8) is 0 Å². The van der Waals surface area contributed by atoms with Crippen molar-refractivity contribution >= 4 is 11.5 Å². The summed E-state index contributed by atoms with van der Waals surface area (Å²) in [6, 6.07) is 10.9. The zero-order chi connectivity index (χ0) is 17.1. The second kappa shape index (κ2) is 6.83. The van der Waals surface area contributed by atoms with Crippen molar-refractivity contribution in [1.82, 2.24) is 0 Å². The highest BCUT2D eigenvalue weighted by Crippen LogP contribution is 2.33. The van der Waals surface area contributed by atoms with E-state index in [1.165, 1.54) is 18.2 Å². The number of methoxy groups -OCH3 is 1. The number of benzene rings is 2. The van der Waals surface area contributed by atoms with Gasteiger partial charge in [-0.05, 0) is 42.2 Å². The normalized spacial score (nSPS) is 17.4. The molecule has 0 amide bonds. The molecule has 0 heterocycles. The van der Waals surface area contributed by atoms with Crippen molar-refractivity contribution in [2.24, 2.45) is 0 Å². The molecule has 2 aromatic carbocycles. The van der Waals surface area contributed by atoms with E-state index in [2.05, 4.69) is 5.32 Å². The second-order valence-corrected chi connectivity index (χ2v) is 5.76. The molecule has 1 aliphatic rings. The van der Waals surface area contributed by atoms with E-state index >= 15 is 0 Å². The van der Waals surface area contributed by atoms with Gasteiger partial charge in [0.25, 0.3) is 0 Å². The van der Waals surface area contributed by atoms with Crippen LogP contribution in [-0.4, -0.2) is 12.9 Å². The van der Waals surface area contributed by atoms with Crippen LogP contribution in [0, 0.1) is 11.6 Å². The molecule has 0 bridgehead atoms. The Morgan fingerprint density at radius 3 is 2.50 bits per heavy atom. The van der Waals surface area contributed by atoms with Gasteiger partial charge in [0.2, 0.25) is 0 Å². The maximum absolute atomic E-state index is 13.8. The molecule has 1 aliphatic carbocycles. The SMILES string of the molecule is COc1ccc([C@@H]2CC(=O)C=C(Nc3ccc(F)cc3F)C2)cc1. The van der Waals surface area contributed by atoms with Crippen LogP contribution in [0.3, 0.4) is 0 Å². The highest BCUT2D eigenvalue weighted by atomic mass is 19.1. The number of ketones is 1. The van der Waals surface area contributed by atoms with E-state index in [4.69, 9.17) is 4.74 Å². The average molecular weight is 329 g/mol. The van der Waals surface area contributed by atoms with Gasteiger partial charge >= 0.3 is 0 Å². The van der Waals surface area contributed by atoms with Crippen LogP contribution in [0.5, 0.6) is 5.75 Å². The maximum atomic E-state index is 13.8. The molecule has 0 fully saturated rings. The largest absolute Gasteiger partial charge is 0.497 e. The first-order valence-electron chi connectivity index (χ1n) is 7.64. The number of allylic oxidation sites excluding steroid dienone is 2. The summed E-state index contributed by atoms with van der Waals surface area (Å²) in [7, 11) is 1.60. The van der Waals surface area contributed by atoms with Gasteiger partial charge in [0.05, 0.1) is 12.8 Å². The van der Waals surface area contributed by atoms with E-state index in [1.54, 1.807) is 7.11 Å². The number of carbonyl (C=O) groups excluding carboxylic acids is 1. The first-order chi connectivity index (χ1) is 11.5. The van der Waals surface area contributed by atoms with Gasteiger partial charge in [-0.15, -0.1) is 0 Å².